The average Bonchev–Trinajstić information content (AvgIpc) is 3.12. The van der Waals surface area contributed by atoms with E-state index in [4.69, 9.17) is 16.3 Å². The van der Waals surface area contributed by atoms with Gasteiger partial charge in [0, 0.05) is 29.9 Å². The van der Waals surface area contributed by atoms with Crippen LogP contribution in [0, 0.1) is 6.92 Å². The first-order chi connectivity index (χ1) is 13.5. The molecule has 142 valence electrons. The predicted molar refractivity (Wildman–Crippen MR) is 111 cm³/mol. The number of ether oxygens (including phenoxy) is 1. The van der Waals surface area contributed by atoms with Crippen LogP contribution < -0.4 is 4.74 Å². The van der Waals surface area contributed by atoms with Gasteiger partial charge in [-0.2, -0.15) is 5.10 Å². The second-order valence-corrected chi connectivity index (χ2v) is 7.23. The van der Waals surface area contributed by atoms with E-state index in [1.165, 1.54) is 11.9 Å². The summed E-state index contributed by atoms with van der Waals surface area (Å²) in [6, 6.07) is 15.4. The highest BCUT2D eigenvalue weighted by Gasteiger charge is 2.33. The third-order valence-corrected chi connectivity index (χ3v) is 5.35. The third kappa shape index (κ3) is 3.22. The van der Waals surface area contributed by atoms with Crippen LogP contribution in [0.5, 0.6) is 5.75 Å². The predicted octanol–water partition coefficient (Wildman–Crippen LogP) is 4.90. The van der Waals surface area contributed by atoms with Crippen molar-refractivity contribution < 1.29 is 9.53 Å². The first kappa shape index (κ1) is 18.4. The molecule has 1 aliphatic rings. The van der Waals surface area contributed by atoms with Crippen molar-refractivity contribution >= 4 is 34.1 Å². The largest absolute Gasteiger partial charge is 0.497 e. The molecular weight excluding hydrogens is 374 g/mol. The van der Waals surface area contributed by atoms with Crippen molar-refractivity contribution in [1.29, 1.82) is 0 Å². The number of amides is 1. The summed E-state index contributed by atoms with van der Waals surface area (Å²) in [5.74, 6) is 0.615. The minimum absolute atomic E-state index is 0.129. The van der Waals surface area contributed by atoms with E-state index >= 15 is 0 Å². The number of hydrogen-bond donors (Lipinski definition) is 0. The first-order valence-electron chi connectivity index (χ1n) is 9.05. The molecule has 2 aromatic carbocycles. The van der Waals surface area contributed by atoms with Gasteiger partial charge in [0.05, 0.1) is 24.4 Å². The number of methoxy groups -OCH3 is 1. The van der Waals surface area contributed by atoms with Gasteiger partial charge in [0.15, 0.2) is 0 Å². The van der Waals surface area contributed by atoms with Gasteiger partial charge in [0.2, 0.25) is 5.91 Å². The highest BCUT2D eigenvalue weighted by atomic mass is 35.5. The van der Waals surface area contributed by atoms with Gasteiger partial charge < -0.3 is 4.74 Å². The van der Waals surface area contributed by atoms with Crippen LogP contribution in [-0.2, 0) is 4.79 Å². The molecule has 0 spiro atoms. The lowest BCUT2D eigenvalue weighted by Crippen LogP contribution is -2.24. The number of aromatic nitrogens is 1. The number of hydrogen-bond acceptors (Lipinski definition) is 4. The first-order valence-corrected chi connectivity index (χ1v) is 9.43. The van der Waals surface area contributed by atoms with E-state index in [0.29, 0.717) is 11.6 Å². The normalized spacial score (nSPS) is 16.4. The Morgan fingerprint density at radius 1 is 1.21 bits per heavy atom. The second-order valence-electron chi connectivity index (χ2n) is 6.87. The van der Waals surface area contributed by atoms with Gasteiger partial charge in [0.25, 0.3) is 0 Å². The van der Waals surface area contributed by atoms with Crippen LogP contribution in [0.1, 0.15) is 36.1 Å². The lowest BCUT2D eigenvalue weighted by Gasteiger charge is -2.21. The van der Waals surface area contributed by atoms with E-state index in [1.807, 2.05) is 55.5 Å². The molecule has 1 amide bonds. The van der Waals surface area contributed by atoms with Crippen LogP contribution in [0.15, 0.2) is 53.6 Å². The molecule has 0 radical (unpaired) electrons. The smallest absolute Gasteiger partial charge is 0.240 e. The standard InChI is InChI=1S/C22H20ClN3O2/c1-13-6-4-5-7-17(13)20-12-21(26(25-20)14(2)27)18-11-15-10-16(28-3)8-9-19(15)24-22(18)23/h4-11,21H,12H2,1-3H3. The van der Waals surface area contributed by atoms with Crippen LogP contribution in [0.4, 0.5) is 0 Å². The lowest BCUT2D eigenvalue weighted by atomic mass is 9.96. The Hall–Kier alpha value is -2.92. The molecule has 1 aromatic heterocycles. The monoisotopic (exact) mass is 393 g/mol. The molecule has 28 heavy (non-hydrogen) atoms. The van der Waals surface area contributed by atoms with Gasteiger partial charge in [0.1, 0.15) is 10.9 Å². The van der Waals surface area contributed by atoms with Crippen molar-refractivity contribution in [3.63, 3.8) is 0 Å². The summed E-state index contributed by atoms with van der Waals surface area (Å²) < 4.78 is 5.32. The molecule has 6 heteroatoms. The fourth-order valence-corrected chi connectivity index (χ4v) is 3.88. The molecule has 0 aliphatic carbocycles. The zero-order valence-electron chi connectivity index (χ0n) is 15.9. The summed E-state index contributed by atoms with van der Waals surface area (Å²) in [6.07, 6.45) is 0.585. The van der Waals surface area contributed by atoms with Gasteiger partial charge in [-0.3, -0.25) is 4.79 Å². The van der Waals surface area contributed by atoms with Crippen molar-refractivity contribution in [3.05, 3.63) is 70.4 Å². The third-order valence-electron chi connectivity index (χ3n) is 5.05. The Kier molecular flexibility index (Phi) is 4.77. The van der Waals surface area contributed by atoms with E-state index in [-0.39, 0.29) is 11.9 Å². The number of aryl methyl sites for hydroxylation is 1. The number of nitrogens with zero attached hydrogens (tertiary/aromatic N) is 3. The van der Waals surface area contributed by atoms with E-state index < -0.39 is 0 Å². The molecule has 0 fully saturated rings. The Balaban J connectivity index is 1.79. The van der Waals surface area contributed by atoms with Gasteiger partial charge in [-0.1, -0.05) is 35.9 Å². The van der Waals surface area contributed by atoms with Crippen molar-refractivity contribution in [2.45, 2.75) is 26.3 Å². The number of pyridine rings is 1. The minimum Gasteiger partial charge on any atom is -0.497 e. The molecule has 1 unspecified atom stereocenters. The summed E-state index contributed by atoms with van der Waals surface area (Å²) in [4.78, 5) is 16.8. The van der Waals surface area contributed by atoms with Crippen molar-refractivity contribution in [2.75, 3.05) is 7.11 Å². The SMILES string of the molecule is COc1ccc2nc(Cl)c(C3CC(c4ccccc4C)=NN3C(C)=O)cc2c1. The van der Waals surface area contributed by atoms with Gasteiger partial charge in [-0.05, 0) is 36.8 Å². The zero-order valence-corrected chi connectivity index (χ0v) is 16.7. The maximum Gasteiger partial charge on any atom is 0.240 e. The molecule has 1 aliphatic heterocycles. The maximum absolute atomic E-state index is 12.3. The Bertz CT molecular complexity index is 1110. The van der Waals surface area contributed by atoms with E-state index in [1.54, 1.807) is 7.11 Å². The topological polar surface area (TPSA) is 54.8 Å². The summed E-state index contributed by atoms with van der Waals surface area (Å²) >= 11 is 6.52. The average molecular weight is 394 g/mol. The van der Waals surface area contributed by atoms with Gasteiger partial charge in [-0.25, -0.2) is 9.99 Å². The molecule has 0 saturated carbocycles. The summed E-state index contributed by atoms with van der Waals surface area (Å²) in [7, 11) is 1.63. The van der Waals surface area contributed by atoms with Gasteiger partial charge in [-0.15, -0.1) is 0 Å². The number of rotatable bonds is 3. The number of benzene rings is 2. The van der Waals surface area contributed by atoms with E-state index in [9.17, 15) is 4.79 Å². The number of fused-ring (bicyclic) bond motifs is 1. The zero-order chi connectivity index (χ0) is 19.8. The molecule has 0 N–H and O–H groups in total. The van der Waals surface area contributed by atoms with Crippen LogP contribution in [-0.4, -0.2) is 28.7 Å². The maximum atomic E-state index is 12.3. The van der Waals surface area contributed by atoms with Gasteiger partial charge >= 0.3 is 0 Å². The summed E-state index contributed by atoms with van der Waals surface area (Å²) in [6.45, 7) is 3.56. The molecule has 1 atom stereocenters. The molecule has 0 saturated heterocycles. The van der Waals surface area contributed by atoms with Crippen molar-refractivity contribution in [2.24, 2.45) is 5.10 Å². The highest BCUT2D eigenvalue weighted by Crippen LogP contribution is 2.38. The second kappa shape index (κ2) is 7.24. The number of hydrazone groups is 1. The number of carbonyl (C=O) groups is 1. The van der Waals surface area contributed by atoms with Crippen molar-refractivity contribution in [1.82, 2.24) is 9.99 Å². The molecular formula is C22H20ClN3O2. The summed E-state index contributed by atoms with van der Waals surface area (Å²) in [5, 5.41) is 7.42. The Morgan fingerprint density at radius 2 is 2.00 bits per heavy atom. The van der Waals surface area contributed by atoms with Crippen LogP contribution in [0.3, 0.4) is 0 Å². The lowest BCUT2D eigenvalue weighted by molar-refractivity contribution is -0.130. The van der Waals surface area contributed by atoms with E-state index in [0.717, 1.165) is 39.1 Å². The Morgan fingerprint density at radius 3 is 2.71 bits per heavy atom. The fourth-order valence-electron chi connectivity index (χ4n) is 3.61. The van der Waals surface area contributed by atoms with Crippen molar-refractivity contribution in [3.8, 4) is 5.75 Å². The van der Waals surface area contributed by atoms with Crippen LogP contribution in [0.2, 0.25) is 5.15 Å². The molecule has 3 aromatic rings. The number of halogens is 1. The minimum atomic E-state index is -0.289. The molecule has 5 nitrogen and oxygen atoms in total. The highest BCUT2D eigenvalue weighted by molar-refractivity contribution is 6.30. The Labute approximate surface area is 168 Å². The molecule has 2 heterocycles. The quantitative estimate of drug-likeness (QED) is 0.594. The molecule has 4 rings (SSSR count). The van der Waals surface area contributed by atoms with Crippen LogP contribution in [0.25, 0.3) is 10.9 Å². The number of carbonyl (C=O) groups excluding carboxylic acids is 1. The molecule has 0 bridgehead atoms. The van der Waals surface area contributed by atoms with E-state index in [2.05, 4.69) is 10.1 Å². The fraction of sp³-hybridized carbons (Fsp3) is 0.227. The van der Waals surface area contributed by atoms with Crippen LogP contribution >= 0.6 is 11.6 Å². The summed E-state index contributed by atoms with van der Waals surface area (Å²) in [5.41, 5.74) is 4.60.